The molecule has 0 aliphatic rings. The van der Waals surface area contributed by atoms with Gasteiger partial charge in [-0.2, -0.15) is 5.26 Å². The van der Waals surface area contributed by atoms with Crippen LogP contribution in [0.1, 0.15) is 19.3 Å². The highest BCUT2D eigenvalue weighted by Gasteiger charge is 2.18. The molecular weight excluding hydrogens is 323 g/mol. The topological polar surface area (TPSA) is 70.0 Å². The highest BCUT2D eigenvalue weighted by atomic mass is 79.9. The van der Waals surface area contributed by atoms with Crippen molar-refractivity contribution < 1.29 is 12.8 Å². The van der Waals surface area contributed by atoms with Gasteiger partial charge in [0.25, 0.3) is 0 Å². The summed E-state index contributed by atoms with van der Waals surface area (Å²) in [6.45, 7) is 0.194. The minimum Gasteiger partial charge on any atom is -0.211 e. The van der Waals surface area contributed by atoms with Crippen molar-refractivity contribution in [2.45, 2.75) is 24.2 Å². The third-order valence-electron chi connectivity index (χ3n) is 2.19. The number of sulfonamides is 1. The number of benzene rings is 1. The quantitative estimate of drug-likeness (QED) is 0.813. The van der Waals surface area contributed by atoms with Gasteiger partial charge in [0.2, 0.25) is 10.0 Å². The number of halogens is 2. The van der Waals surface area contributed by atoms with E-state index in [9.17, 15) is 12.8 Å². The smallest absolute Gasteiger partial charge is 0.211 e. The van der Waals surface area contributed by atoms with Gasteiger partial charge in [0.05, 0.1) is 6.07 Å². The van der Waals surface area contributed by atoms with Crippen LogP contribution in [0.3, 0.4) is 0 Å². The fourth-order valence-electron chi connectivity index (χ4n) is 1.31. The summed E-state index contributed by atoms with van der Waals surface area (Å²) in [5.74, 6) is -0.797. The van der Waals surface area contributed by atoms with Crippen LogP contribution in [0.25, 0.3) is 0 Å². The Morgan fingerprint density at radius 1 is 1.39 bits per heavy atom. The summed E-state index contributed by atoms with van der Waals surface area (Å²) in [6, 6.07) is 5.74. The van der Waals surface area contributed by atoms with Gasteiger partial charge in [-0.1, -0.05) is 15.9 Å². The van der Waals surface area contributed by atoms with Gasteiger partial charge in [0.15, 0.2) is 0 Å². The monoisotopic (exact) mass is 334 g/mol. The summed E-state index contributed by atoms with van der Waals surface area (Å²) >= 11 is 3.06. The molecule has 1 aromatic carbocycles. The van der Waals surface area contributed by atoms with E-state index in [1.165, 1.54) is 12.1 Å². The Balaban J connectivity index is 2.66. The Hall–Kier alpha value is -0.970. The number of nitriles is 1. The molecule has 0 heterocycles. The van der Waals surface area contributed by atoms with E-state index in [2.05, 4.69) is 20.7 Å². The van der Waals surface area contributed by atoms with Crippen LogP contribution in [0.15, 0.2) is 27.6 Å². The van der Waals surface area contributed by atoms with Crippen LogP contribution in [-0.2, 0) is 10.0 Å². The maximum absolute atomic E-state index is 13.5. The van der Waals surface area contributed by atoms with E-state index >= 15 is 0 Å². The van der Waals surface area contributed by atoms with Gasteiger partial charge in [-0.15, -0.1) is 0 Å². The number of nitrogens with zero attached hydrogens (tertiary/aromatic N) is 1. The Labute approximate surface area is 114 Å². The summed E-state index contributed by atoms with van der Waals surface area (Å²) in [5, 5.41) is 8.32. The van der Waals surface area contributed by atoms with E-state index in [-0.39, 0.29) is 11.4 Å². The van der Waals surface area contributed by atoms with Crippen molar-refractivity contribution in [1.82, 2.24) is 4.72 Å². The summed E-state index contributed by atoms with van der Waals surface area (Å²) in [4.78, 5) is -0.369. The highest BCUT2D eigenvalue weighted by molar-refractivity contribution is 9.10. The fourth-order valence-corrected chi connectivity index (χ4v) is 2.77. The molecule has 4 nitrogen and oxygen atoms in total. The summed E-state index contributed by atoms with van der Waals surface area (Å²) in [7, 11) is -3.82. The van der Waals surface area contributed by atoms with E-state index in [0.717, 1.165) is 6.07 Å². The SMILES string of the molecule is N#CCCCCNS(=O)(=O)c1ccc(Br)cc1F. The zero-order valence-corrected chi connectivity index (χ0v) is 11.9. The van der Waals surface area contributed by atoms with Crippen LogP contribution in [0.5, 0.6) is 0 Å². The second kappa shape index (κ2) is 6.83. The number of nitrogens with one attached hydrogen (secondary N) is 1. The summed E-state index contributed by atoms with van der Waals surface area (Å²) in [6.07, 6.45) is 1.54. The van der Waals surface area contributed by atoms with E-state index in [1.54, 1.807) is 0 Å². The molecule has 0 aliphatic heterocycles. The van der Waals surface area contributed by atoms with Crippen molar-refractivity contribution in [3.05, 3.63) is 28.5 Å². The van der Waals surface area contributed by atoms with Crippen LogP contribution in [0.4, 0.5) is 4.39 Å². The van der Waals surface area contributed by atoms with Gasteiger partial charge in [0.1, 0.15) is 10.7 Å². The van der Waals surface area contributed by atoms with Crippen molar-refractivity contribution in [1.29, 1.82) is 5.26 Å². The molecule has 0 unspecified atom stereocenters. The van der Waals surface area contributed by atoms with Crippen LogP contribution >= 0.6 is 15.9 Å². The molecule has 0 saturated carbocycles. The number of hydrogen-bond donors (Lipinski definition) is 1. The minimum atomic E-state index is -3.82. The molecule has 1 N–H and O–H groups in total. The highest BCUT2D eigenvalue weighted by Crippen LogP contribution is 2.19. The first-order valence-electron chi connectivity index (χ1n) is 5.29. The van der Waals surface area contributed by atoms with Crippen molar-refractivity contribution in [3.8, 4) is 6.07 Å². The molecule has 1 aromatic rings. The molecule has 0 saturated heterocycles. The zero-order chi connectivity index (χ0) is 13.6. The first-order chi connectivity index (χ1) is 8.47. The zero-order valence-electron chi connectivity index (χ0n) is 9.49. The van der Waals surface area contributed by atoms with Crippen molar-refractivity contribution in [2.75, 3.05) is 6.54 Å². The molecule has 0 amide bonds. The summed E-state index contributed by atoms with van der Waals surface area (Å²) < 4.78 is 39.8. The molecule has 98 valence electrons. The van der Waals surface area contributed by atoms with E-state index < -0.39 is 15.8 Å². The summed E-state index contributed by atoms with van der Waals surface area (Å²) in [5.41, 5.74) is 0. The van der Waals surface area contributed by atoms with Gasteiger partial charge < -0.3 is 0 Å². The molecule has 0 atom stereocenters. The average Bonchev–Trinajstić information content (AvgIpc) is 2.28. The Morgan fingerprint density at radius 3 is 2.72 bits per heavy atom. The lowest BCUT2D eigenvalue weighted by molar-refractivity contribution is 0.554. The Morgan fingerprint density at radius 2 is 2.11 bits per heavy atom. The van der Waals surface area contributed by atoms with Crippen molar-refractivity contribution >= 4 is 26.0 Å². The predicted octanol–water partition coefficient (Wildman–Crippen LogP) is 2.56. The molecule has 18 heavy (non-hydrogen) atoms. The molecule has 0 radical (unpaired) electrons. The molecule has 0 spiro atoms. The van der Waals surface area contributed by atoms with Gasteiger partial charge >= 0.3 is 0 Å². The third kappa shape index (κ3) is 4.37. The van der Waals surface area contributed by atoms with E-state index in [0.29, 0.717) is 23.7 Å². The van der Waals surface area contributed by atoms with Crippen molar-refractivity contribution in [2.24, 2.45) is 0 Å². The Kier molecular flexibility index (Phi) is 5.72. The fraction of sp³-hybridized carbons (Fsp3) is 0.364. The second-order valence-electron chi connectivity index (χ2n) is 3.59. The minimum absolute atomic E-state index is 0.194. The van der Waals surface area contributed by atoms with Gasteiger partial charge in [-0.05, 0) is 31.0 Å². The molecule has 0 bridgehead atoms. The first-order valence-corrected chi connectivity index (χ1v) is 7.56. The van der Waals surface area contributed by atoms with Crippen LogP contribution < -0.4 is 4.72 Å². The molecular formula is C11H12BrFN2O2S. The maximum Gasteiger partial charge on any atom is 0.243 e. The largest absolute Gasteiger partial charge is 0.243 e. The van der Waals surface area contributed by atoms with Crippen LogP contribution in [-0.4, -0.2) is 15.0 Å². The average molecular weight is 335 g/mol. The third-order valence-corrected chi connectivity index (χ3v) is 4.18. The van der Waals surface area contributed by atoms with Crippen LogP contribution in [0, 0.1) is 17.1 Å². The van der Waals surface area contributed by atoms with Gasteiger partial charge in [-0.25, -0.2) is 17.5 Å². The van der Waals surface area contributed by atoms with E-state index in [1.807, 2.05) is 6.07 Å². The van der Waals surface area contributed by atoms with Crippen LogP contribution in [0.2, 0.25) is 0 Å². The maximum atomic E-state index is 13.5. The number of rotatable bonds is 6. The van der Waals surface area contributed by atoms with Gasteiger partial charge in [0, 0.05) is 17.4 Å². The molecule has 0 fully saturated rings. The van der Waals surface area contributed by atoms with E-state index in [4.69, 9.17) is 5.26 Å². The molecule has 0 aromatic heterocycles. The molecule has 7 heteroatoms. The van der Waals surface area contributed by atoms with Crippen molar-refractivity contribution in [3.63, 3.8) is 0 Å². The standard InChI is InChI=1S/C11H12BrFN2O2S/c12-9-4-5-11(10(13)8-9)18(16,17)15-7-3-1-2-6-14/h4-5,8,15H,1-3,7H2. The predicted molar refractivity (Wildman–Crippen MR) is 68.8 cm³/mol. The first kappa shape index (κ1) is 15.1. The van der Waals surface area contributed by atoms with Gasteiger partial charge in [-0.3, -0.25) is 0 Å². The Bertz CT molecular complexity index is 555. The molecule has 1 rings (SSSR count). The number of hydrogen-bond acceptors (Lipinski definition) is 3. The lowest BCUT2D eigenvalue weighted by Gasteiger charge is -2.07. The number of unbranched alkanes of at least 4 members (excludes halogenated alkanes) is 2. The normalized spacial score (nSPS) is 11.2. The second-order valence-corrected chi connectivity index (χ2v) is 6.24. The lowest BCUT2D eigenvalue weighted by Crippen LogP contribution is -2.25. The molecule has 0 aliphatic carbocycles. The lowest BCUT2D eigenvalue weighted by atomic mass is 10.2.